The van der Waals surface area contributed by atoms with Crippen LogP contribution in [-0.4, -0.2) is 17.0 Å². The van der Waals surface area contributed by atoms with Crippen molar-refractivity contribution >= 4 is 56.0 Å². The summed E-state index contributed by atoms with van der Waals surface area (Å²) >= 11 is 5.59. The molecule has 0 atom stereocenters. The van der Waals surface area contributed by atoms with Crippen molar-refractivity contribution < 1.29 is 10.0 Å². The minimum atomic E-state index is -0.829. The molecule has 1 aromatic rings. The molecule has 1 aliphatic rings. The summed E-state index contributed by atoms with van der Waals surface area (Å²) in [7, 11) is 0. The maximum absolute atomic E-state index is 12.1. The predicted molar refractivity (Wildman–Crippen MR) is 80.6 cm³/mol. The molecule has 0 radical (unpaired) electrons. The van der Waals surface area contributed by atoms with E-state index in [4.69, 9.17) is 10.9 Å². The van der Waals surface area contributed by atoms with Crippen LogP contribution >= 0.6 is 38.5 Å². The van der Waals surface area contributed by atoms with Crippen LogP contribution in [0, 0.1) is 8.99 Å². The number of amides is 1. The zero-order chi connectivity index (χ0) is 13.3. The normalized spacial score (nSPS) is 17.3. The fourth-order valence-electron chi connectivity index (χ4n) is 1.64. The monoisotopic (exact) mass is 423 g/mol. The van der Waals surface area contributed by atoms with Crippen LogP contribution in [-0.2, 0) is 4.79 Å². The van der Waals surface area contributed by atoms with Crippen LogP contribution in [0.4, 0.5) is 5.69 Å². The fourth-order valence-corrected chi connectivity index (χ4v) is 2.36. The Hall–Kier alpha value is -0.830. The van der Waals surface area contributed by atoms with E-state index in [0.717, 1.165) is 8.04 Å². The number of nitrogens with two attached hydrogens (primary N) is 1. The first kappa shape index (κ1) is 13.6. The fraction of sp³-hybridized carbons (Fsp3) is 0.273. The van der Waals surface area contributed by atoms with Crippen LogP contribution in [0.1, 0.15) is 12.8 Å². The van der Waals surface area contributed by atoms with Crippen molar-refractivity contribution in [1.29, 1.82) is 0 Å². The Morgan fingerprint density at radius 1 is 1.56 bits per heavy atom. The molecular formula is C11H11BrIN3O2. The Morgan fingerprint density at radius 3 is 2.72 bits per heavy atom. The second-order valence-electron chi connectivity index (χ2n) is 4.15. The first-order valence-electron chi connectivity index (χ1n) is 5.24. The van der Waals surface area contributed by atoms with E-state index in [1.54, 1.807) is 0 Å². The summed E-state index contributed by atoms with van der Waals surface area (Å²) in [6, 6.07) is 5.53. The third-order valence-corrected chi connectivity index (χ3v) is 5.30. The van der Waals surface area contributed by atoms with E-state index >= 15 is 0 Å². The minimum Gasteiger partial charge on any atom is -0.409 e. The molecule has 1 aliphatic carbocycles. The van der Waals surface area contributed by atoms with Crippen molar-refractivity contribution in [3.05, 3.63) is 26.2 Å². The largest absolute Gasteiger partial charge is 0.409 e. The molecule has 96 valence electrons. The second kappa shape index (κ2) is 5.04. The zero-order valence-electron chi connectivity index (χ0n) is 9.28. The van der Waals surface area contributed by atoms with Gasteiger partial charge < -0.3 is 16.3 Å². The Balaban J connectivity index is 2.15. The number of carbonyl (C=O) groups excluding carboxylic acids is 1. The van der Waals surface area contributed by atoms with E-state index in [1.807, 2.05) is 18.2 Å². The van der Waals surface area contributed by atoms with Crippen molar-refractivity contribution in [2.45, 2.75) is 12.8 Å². The standard InChI is InChI=1S/C11H11BrIN3O2/c12-7-5-6(1-2-8(7)13)15-10(17)11(3-4-11)9(14)16-18/h1-2,5,18H,3-4H2,(H2,14,16)(H,15,17). The summed E-state index contributed by atoms with van der Waals surface area (Å²) in [5.41, 5.74) is 5.41. The topological polar surface area (TPSA) is 87.7 Å². The molecule has 5 nitrogen and oxygen atoms in total. The maximum Gasteiger partial charge on any atom is 0.238 e. The lowest BCUT2D eigenvalue weighted by Crippen LogP contribution is -2.36. The van der Waals surface area contributed by atoms with E-state index in [1.165, 1.54) is 0 Å². The van der Waals surface area contributed by atoms with Gasteiger partial charge in [-0.2, -0.15) is 0 Å². The molecule has 0 unspecified atom stereocenters. The highest BCUT2D eigenvalue weighted by atomic mass is 127. The van der Waals surface area contributed by atoms with Gasteiger partial charge >= 0.3 is 0 Å². The smallest absolute Gasteiger partial charge is 0.238 e. The molecule has 7 heteroatoms. The second-order valence-corrected chi connectivity index (χ2v) is 6.17. The Kier molecular flexibility index (Phi) is 3.81. The number of nitrogens with one attached hydrogen (secondary N) is 1. The Labute approximate surface area is 126 Å². The van der Waals surface area contributed by atoms with Gasteiger partial charge in [-0.15, -0.1) is 0 Å². The molecule has 0 bridgehead atoms. The highest BCUT2D eigenvalue weighted by Gasteiger charge is 2.54. The van der Waals surface area contributed by atoms with Crippen molar-refractivity contribution in [1.82, 2.24) is 0 Å². The van der Waals surface area contributed by atoms with Crippen molar-refractivity contribution in [3.63, 3.8) is 0 Å². The number of carbonyl (C=O) groups is 1. The van der Waals surface area contributed by atoms with Gasteiger partial charge in [0.25, 0.3) is 0 Å². The average molecular weight is 424 g/mol. The zero-order valence-corrected chi connectivity index (χ0v) is 13.0. The van der Waals surface area contributed by atoms with Crippen molar-refractivity contribution in [2.24, 2.45) is 16.3 Å². The van der Waals surface area contributed by atoms with Gasteiger partial charge in [0.2, 0.25) is 5.91 Å². The van der Waals surface area contributed by atoms with E-state index in [-0.39, 0.29) is 11.7 Å². The van der Waals surface area contributed by atoms with Gasteiger partial charge in [0.1, 0.15) is 5.41 Å². The van der Waals surface area contributed by atoms with Crippen molar-refractivity contribution in [3.8, 4) is 0 Å². The Bertz CT molecular complexity index is 529. The summed E-state index contributed by atoms with van der Waals surface area (Å²) in [4.78, 5) is 12.1. The van der Waals surface area contributed by atoms with E-state index < -0.39 is 5.41 Å². The number of oxime groups is 1. The lowest BCUT2D eigenvalue weighted by Gasteiger charge is -2.14. The van der Waals surface area contributed by atoms with E-state index in [0.29, 0.717) is 18.5 Å². The molecule has 0 heterocycles. The molecule has 4 N–H and O–H groups in total. The van der Waals surface area contributed by atoms with Crippen LogP contribution in [0.25, 0.3) is 0 Å². The number of benzene rings is 1. The molecular weight excluding hydrogens is 413 g/mol. The Morgan fingerprint density at radius 2 is 2.22 bits per heavy atom. The summed E-state index contributed by atoms with van der Waals surface area (Å²) in [6.45, 7) is 0. The number of amidine groups is 1. The van der Waals surface area contributed by atoms with Gasteiger partial charge in [-0.05, 0) is 69.6 Å². The number of hydrogen-bond donors (Lipinski definition) is 3. The lowest BCUT2D eigenvalue weighted by molar-refractivity contribution is -0.119. The van der Waals surface area contributed by atoms with Crippen LogP contribution in [0.2, 0.25) is 0 Å². The van der Waals surface area contributed by atoms with Gasteiger partial charge in [0.05, 0.1) is 0 Å². The van der Waals surface area contributed by atoms with Gasteiger partial charge in [-0.25, -0.2) is 0 Å². The highest BCUT2D eigenvalue weighted by molar-refractivity contribution is 14.1. The molecule has 2 rings (SSSR count). The molecule has 0 aromatic heterocycles. The van der Waals surface area contributed by atoms with E-state index in [9.17, 15) is 4.79 Å². The molecule has 1 amide bonds. The predicted octanol–water partition coefficient (Wildman–Crippen LogP) is 2.52. The average Bonchev–Trinajstić information content (AvgIpc) is 3.14. The number of rotatable bonds is 3. The molecule has 0 saturated heterocycles. The number of halogens is 2. The van der Waals surface area contributed by atoms with Crippen LogP contribution < -0.4 is 11.1 Å². The summed E-state index contributed by atoms with van der Waals surface area (Å²) in [5.74, 6) is -0.254. The third kappa shape index (κ3) is 2.46. The molecule has 0 aliphatic heterocycles. The summed E-state index contributed by atoms with van der Waals surface area (Å²) in [6.07, 6.45) is 1.22. The van der Waals surface area contributed by atoms with Crippen molar-refractivity contribution in [2.75, 3.05) is 5.32 Å². The number of hydrogen-bond acceptors (Lipinski definition) is 3. The minimum absolute atomic E-state index is 0.0235. The maximum atomic E-state index is 12.1. The van der Waals surface area contributed by atoms with E-state index in [2.05, 4.69) is 49.0 Å². The third-order valence-electron chi connectivity index (χ3n) is 2.96. The van der Waals surface area contributed by atoms with Crippen LogP contribution in [0.3, 0.4) is 0 Å². The first-order chi connectivity index (χ1) is 8.49. The van der Waals surface area contributed by atoms with Gasteiger partial charge in [-0.3, -0.25) is 4.79 Å². The van der Waals surface area contributed by atoms with Gasteiger partial charge in [0.15, 0.2) is 5.84 Å². The van der Waals surface area contributed by atoms with Gasteiger partial charge in [-0.1, -0.05) is 5.16 Å². The molecule has 1 saturated carbocycles. The molecule has 1 fully saturated rings. The molecule has 18 heavy (non-hydrogen) atoms. The molecule has 0 spiro atoms. The highest BCUT2D eigenvalue weighted by Crippen LogP contribution is 2.46. The number of nitrogens with zero attached hydrogens (tertiary/aromatic N) is 1. The van der Waals surface area contributed by atoms with Gasteiger partial charge in [0, 0.05) is 13.7 Å². The number of anilines is 1. The summed E-state index contributed by atoms with van der Waals surface area (Å²) in [5, 5.41) is 14.4. The first-order valence-corrected chi connectivity index (χ1v) is 7.11. The lowest BCUT2D eigenvalue weighted by atomic mass is 10.1. The van der Waals surface area contributed by atoms with Crippen LogP contribution in [0.5, 0.6) is 0 Å². The molecule has 1 aromatic carbocycles. The van der Waals surface area contributed by atoms with Crippen LogP contribution in [0.15, 0.2) is 27.8 Å². The summed E-state index contributed by atoms with van der Waals surface area (Å²) < 4.78 is 1.97. The quantitative estimate of drug-likeness (QED) is 0.229. The SMILES string of the molecule is N/C(=N/O)C1(C(=O)Nc2ccc(I)c(Br)c2)CC1.